The van der Waals surface area contributed by atoms with Crippen LogP contribution in [-0.2, 0) is 0 Å². The predicted octanol–water partition coefficient (Wildman–Crippen LogP) is 1.94. The van der Waals surface area contributed by atoms with E-state index in [4.69, 9.17) is 6.42 Å². The average Bonchev–Trinajstić information content (AvgIpc) is 2.85. The molecule has 3 rings (SSSR count). The lowest BCUT2D eigenvalue weighted by Crippen LogP contribution is -2.36. The number of terminal acetylenes is 1. The van der Waals surface area contributed by atoms with Gasteiger partial charge in [0, 0.05) is 19.3 Å². The zero-order valence-corrected chi connectivity index (χ0v) is 10.7. The molecule has 0 saturated carbocycles. The van der Waals surface area contributed by atoms with Gasteiger partial charge in [0.15, 0.2) is 5.69 Å². The van der Waals surface area contributed by atoms with Crippen molar-refractivity contribution in [2.24, 2.45) is 0 Å². The van der Waals surface area contributed by atoms with Gasteiger partial charge in [0.1, 0.15) is 0 Å². The van der Waals surface area contributed by atoms with Crippen LogP contribution in [0, 0.1) is 12.3 Å². The van der Waals surface area contributed by atoms with E-state index in [1.54, 1.807) is 4.52 Å². The number of fused-ring (bicyclic) bond motifs is 1. The Morgan fingerprint density at radius 1 is 1.26 bits per heavy atom. The molecule has 1 amide bonds. The number of likely N-dealkylation sites (tertiary alicyclic amines) is 1. The summed E-state index contributed by atoms with van der Waals surface area (Å²) in [5.74, 6) is 2.56. The van der Waals surface area contributed by atoms with E-state index in [2.05, 4.69) is 11.0 Å². The maximum absolute atomic E-state index is 12.5. The number of carbonyl (C=O) groups is 1. The van der Waals surface area contributed by atoms with E-state index >= 15 is 0 Å². The number of hydrogen-bond donors (Lipinski definition) is 0. The van der Waals surface area contributed by atoms with Crippen LogP contribution < -0.4 is 0 Å². The molecule has 0 spiro atoms. The summed E-state index contributed by atoms with van der Waals surface area (Å²) >= 11 is 0. The van der Waals surface area contributed by atoms with Crippen LogP contribution in [0.3, 0.4) is 0 Å². The molecule has 0 atom stereocenters. The Labute approximate surface area is 112 Å². The van der Waals surface area contributed by atoms with Crippen LogP contribution in [0.2, 0.25) is 0 Å². The SMILES string of the molecule is C#Cc1c(C(=O)N2CCCCC2)nn2ccccc12. The summed E-state index contributed by atoms with van der Waals surface area (Å²) < 4.78 is 1.67. The zero-order valence-electron chi connectivity index (χ0n) is 10.7. The maximum Gasteiger partial charge on any atom is 0.275 e. The molecular formula is C15H15N3O. The highest BCUT2D eigenvalue weighted by atomic mass is 16.2. The minimum atomic E-state index is -0.0450. The Bertz CT molecular complexity index is 660. The van der Waals surface area contributed by atoms with Crippen molar-refractivity contribution >= 4 is 11.4 Å². The standard InChI is InChI=1S/C15H15N3O/c1-2-12-13-8-4-7-11-18(13)16-14(12)15(19)17-9-5-3-6-10-17/h1,4,7-8,11H,3,5-6,9-10H2. The van der Waals surface area contributed by atoms with Gasteiger partial charge in [0.05, 0.1) is 11.1 Å². The second kappa shape index (κ2) is 4.77. The minimum Gasteiger partial charge on any atom is -0.337 e. The molecule has 2 aromatic rings. The lowest BCUT2D eigenvalue weighted by molar-refractivity contribution is 0.0717. The van der Waals surface area contributed by atoms with Crippen LogP contribution in [0.25, 0.3) is 5.52 Å². The van der Waals surface area contributed by atoms with E-state index in [0.717, 1.165) is 31.4 Å². The highest BCUT2D eigenvalue weighted by molar-refractivity contribution is 5.97. The molecule has 0 aliphatic carbocycles. The third-order valence-electron chi connectivity index (χ3n) is 3.53. The number of hydrogen-bond acceptors (Lipinski definition) is 2. The lowest BCUT2D eigenvalue weighted by Gasteiger charge is -2.25. The summed E-state index contributed by atoms with van der Waals surface area (Å²) in [6.07, 6.45) is 10.7. The van der Waals surface area contributed by atoms with Crippen LogP contribution in [0.15, 0.2) is 24.4 Å². The number of rotatable bonds is 1. The summed E-state index contributed by atoms with van der Waals surface area (Å²) in [5, 5.41) is 4.34. The number of amides is 1. The first-order valence-electron chi connectivity index (χ1n) is 6.54. The van der Waals surface area contributed by atoms with Crippen LogP contribution >= 0.6 is 0 Å². The zero-order chi connectivity index (χ0) is 13.2. The number of pyridine rings is 1. The molecule has 1 fully saturated rings. The summed E-state index contributed by atoms with van der Waals surface area (Å²) in [7, 11) is 0. The molecule has 0 radical (unpaired) electrons. The Hall–Kier alpha value is -2.28. The van der Waals surface area contributed by atoms with E-state index < -0.39 is 0 Å². The largest absolute Gasteiger partial charge is 0.337 e. The van der Waals surface area contributed by atoms with Crippen LogP contribution in [-0.4, -0.2) is 33.5 Å². The molecular weight excluding hydrogens is 238 g/mol. The third-order valence-corrected chi connectivity index (χ3v) is 3.53. The van der Waals surface area contributed by atoms with Gasteiger partial charge in [0.2, 0.25) is 0 Å². The van der Waals surface area contributed by atoms with Crippen molar-refractivity contribution in [3.8, 4) is 12.3 Å². The van der Waals surface area contributed by atoms with Gasteiger partial charge in [-0.25, -0.2) is 4.52 Å². The van der Waals surface area contributed by atoms with Crippen molar-refractivity contribution in [1.82, 2.24) is 14.5 Å². The van der Waals surface area contributed by atoms with Crippen molar-refractivity contribution in [3.63, 3.8) is 0 Å². The second-order valence-electron chi connectivity index (χ2n) is 4.75. The first kappa shape index (κ1) is 11.8. The van der Waals surface area contributed by atoms with E-state index in [9.17, 15) is 4.79 Å². The highest BCUT2D eigenvalue weighted by Gasteiger charge is 2.24. The quantitative estimate of drug-likeness (QED) is 0.728. The van der Waals surface area contributed by atoms with Crippen LogP contribution in [0.1, 0.15) is 35.3 Å². The fraction of sp³-hybridized carbons (Fsp3) is 0.333. The summed E-state index contributed by atoms with van der Waals surface area (Å²) in [4.78, 5) is 14.4. The van der Waals surface area contributed by atoms with Gasteiger partial charge in [0.25, 0.3) is 5.91 Å². The van der Waals surface area contributed by atoms with Crippen LogP contribution in [0.4, 0.5) is 0 Å². The molecule has 0 unspecified atom stereocenters. The van der Waals surface area contributed by atoms with Crippen molar-refractivity contribution in [1.29, 1.82) is 0 Å². The van der Waals surface area contributed by atoms with Gasteiger partial charge >= 0.3 is 0 Å². The number of aromatic nitrogens is 2. The molecule has 1 aliphatic rings. The van der Waals surface area contributed by atoms with Crippen molar-refractivity contribution in [2.75, 3.05) is 13.1 Å². The van der Waals surface area contributed by atoms with Crippen molar-refractivity contribution < 1.29 is 4.79 Å². The topological polar surface area (TPSA) is 37.6 Å². The van der Waals surface area contributed by atoms with E-state index in [1.807, 2.05) is 29.3 Å². The van der Waals surface area contributed by atoms with Gasteiger partial charge in [-0.2, -0.15) is 5.10 Å². The number of nitrogens with zero attached hydrogens (tertiary/aromatic N) is 3. The molecule has 1 saturated heterocycles. The molecule has 19 heavy (non-hydrogen) atoms. The predicted molar refractivity (Wildman–Crippen MR) is 72.9 cm³/mol. The van der Waals surface area contributed by atoms with Crippen molar-refractivity contribution in [2.45, 2.75) is 19.3 Å². The maximum atomic E-state index is 12.5. The molecule has 0 bridgehead atoms. The van der Waals surface area contributed by atoms with Crippen molar-refractivity contribution in [3.05, 3.63) is 35.7 Å². The second-order valence-corrected chi connectivity index (χ2v) is 4.75. The molecule has 96 valence electrons. The Balaban J connectivity index is 2.04. The van der Waals surface area contributed by atoms with Crippen LogP contribution in [0.5, 0.6) is 0 Å². The average molecular weight is 253 g/mol. The molecule has 3 heterocycles. The first-order chi connectivity index (χ1) is 9.31. The molecule has 2 aromatic heterocycles. The Morgan fingerprint density at radius 2 is 2.05 bits per heavy atom. The van der Waals surface area contributed by atoms with Gasteiger partial charge < -0.3 is 4.90 Å². The smallest absolute Gasteiger partial charge is 0.275 e. The fourth-order valence-electron chi connectivity index (χ4n) is 2.54. The highest BCUT2D eigenvalue weighted by Crippen LogP contribution is 2.18. The van der Waals surface area contributed by atoms with E-state index in [-0.39, 0.29) is 5.91 Å². The van der Waals surface area contributed by atoms with Gasteiger partial charge in [-0.3, -0.25) is 4.79 Å². The first-order valence-corrected chi connectivity index (χ1v) is 6.54. The minimum absolute atomic E-state index is 0.0450. The number of carbonyl (C=O) groups excluding carboxylic acids is 1. The molecule has 4 heteroatoms. The summed E-state index contributed by atoms with van der Waals surface area (Å²) in [5.41, 5.74) is 1.80. The molecule has 0 aromatic carbocycles. The number of piperidine rings is 1. The Kier molecular flexibility index (Phi) is 2.96. The summed E-state index contributed by atoms with van der Waals surface area (Å²) in [6, 6.07) is 5.65. The van der Waals surface area contributed by atoms with Gasteiger partial charge in [-0.1, -0.05) is 12.0 Å². The molecule has 4 nitrogen and oxygen atoms in total. The lowest BCUT2D eigenvalue weighted by atomic mass is 10.1. The Morgan fingerprint density at radius 3 is 2.79 bits per heavy atom. The van der Waals surface area contributed by atoms with Gasteiger partial charge in [-0.05, 0) is 31.4 Å². The normalized spacial score (nSPS) is 15.4. The molecule has 0 N–H and O–H groups in total. The van der Waals surface area contributed by atoms with E-state index in [0.29, 0.717) is 11.3 Å². The molecule has 1 aliphatic heterocycles. The summed E-state index contributed by atoms with van der Waals surface area (Å²) in [6.45, 7) is 1.60. The van der Waals surface area contributed by atoms with E-state index in [1.165, 1.54) is 6.42 Å². The monoisotopic (exact) mass is 253 g/mol. The third kappa shape index (κ3) is 1.97. The van der Waals surface area contributed by atoms with Gasteiger partial charge in [-0.15, -0.1) is 6.42 Å². The fourth-order valence-corrected chi connectivity index (χ4v) is 2.54.